The summed E-state index contributed by atoms with van der Waals surface area (Å²) in [5.41, 5.74) is 9.08. The smallest absolute Gasteiger partial charge is 0.338 e. The second-order valence-corrected chi connectivity index (χ2v) is 12.4. The number of azide groups is 1. The molecule has 58 heavy (non-hydrogen) atoms. The van der Waals surface area contributed by atoms with Crippen molar-refractivity contribution in [3.63, 3.8) is 0 Å². The topological polar surface area (TPSA) is 200 Å². The molecule has 4 aromatic carbocycles. The highest BCUT2D eigenvalue weighted by Crippen LogP contribution is 2.32. The van der Waals surface area contributed by atoms with Crippen LogP contribution in [0.1, 0.15) is 41.4 Å². The molecular weight excluding hydrogens is 754 g/mol. The summed E-state index contributed by atoms with van der Waals surface area (Å²) in [7, 11) is 0. The molecule has 0 spiro atoms. The Kier molecular flexibility index (Phi) is 17.7. The highest BCUT2D eigenvalue weighted by atomic mass is 16.7. The maximum absolute atomic E-state index is 13.7. The monoisotopic (exact) mass is 797 g/mol. The first-order chi connectivity index (χ1) is 28.4. The van der Waals surface area contributed by atoms with Gasteiger partial charge in [-0.2, -0.15) is 0 Å². The molecule has 0 saturated carbocycles. The maximum Gasteiger partial charge on any atom is 0.338 e. The Labute approximate surface area is 334 Å². The van der Waals surface area contributed by atoms with Crippen molar-refractivity contribution in [1.82, 2.24) is 0 Å². The number of carbonyl (C=O) groups excluding carboxylic acids is 4. The molecule has 5 atom stereocenters. The Morgan fingerprint density at radius 1 is 0.517 bits per heavy atom. The Morgan fingerprint density at radius 2 is 0.914 bits per heavy atom. The van der Waals surface area contributed by atoms with Crippen LogP contribution in [0.5, 0.6) is 0 Å². The molecule has 0 amide bonds. The van der Waals surface area contributed by atoms with E-state index in [0.717, 1.165) is 0 Å². The summed E-state index contributed by atoms with van der Waals surface area (Å²) < 4.78 is 52.6. The quantitative estimate of drug-likeness (QED) is 0.0237. The largest absolute Gasteiger partial charge is 0.459 e. The standard InChI is InChI=1S/C42H43N3O13/c43-45-44-21-22-50-23-24-51-25-26-52-27-28-53-42-37(58-41(49)33-19-11-4-12-20-33)36(57-40(48)32-17-9-3-10-18-32)35(56-39(47)31-15-7-2-8-16-31)34(55-42)29-54-38(46)30-13-5-1-6-14-30/h1-20,34-37,42H,21-29H2/t34-,35-,36+,37+,42+/m1/s1. The van der Waals surface area contributed by atoms with E-state index in [2.05, 4.69) is 10.0 Å². The lowest BCUT2D eigenvalue weighted by Gasteiger charge is -2.44. The van der Waals surface area contributed by atoms with E-state index in [1.54, 1.807) is 84.9 Å². The van der Waals surface area contributed by atoms with Crippen LogP contribution in [0, 0.1) is 0 Å². The lowest BCUT2D eigenvalue weighted by Crippen LogP contribution is -2.63. The first kappa shape index (κ1) is 43.0. The normalized spacial score (nSPS) is 18.6. The zero-order chi connectivity index (χ0) is 40.8. The van der Waals surface area contributed by atoms with E-state index in [1.807, 2.05) is 0 Å². The number of benzene rings is 4. The summed E-state index contributed by atoms with van der Waals surface area (Å²) in [6.45, 7) is 1.03. The minimum Gasteiger partial charge on any atom is -0.459 e. The van der Waals surface area contributed by atoms with Crippen LogP contribution in [-0.4, -0.2) is 114 Å². The maximum atomic E-state index is 13.7. The van der Waals surface area contributed by atoms with Crippen molar-refractivity contribution < 1.29 is 61.8 Å². The van der Waals surface area contributed by atoms with Gasteiger partial charge in [0.1, 0.15) is 12.7 Å². The molecule has 16 nitrogen and oxygen atoms in total. The van der Waals surface area contributed by atoms with Crippen molar-refractivity contribution in [2.24, 2.45) is 5.11 Å². The summed E-state index contributed by atoms with van der Waals surface area (Å²) in [6.07, 6.45) is -7.30. The molecule has 16 heteroatoms. The third-order valence-corrected chi connectivity index (χ3v) is 8.39. The van der Waals surface area contributed by atoms with E-state index in [1.165, 1.54) is 36.4 Å². The van der Waals surface area contributed by atoms with Crippen LogP contribution in [0.15, 0.2) is 126 Å². The van der Waals surface area contributed by atoms with Crippen LogP contribution in [0.4, 0.5) is 0 Å². The van der Waals surface area contributed by atoms with Crippen molar-refractivity contribution in [2.45, 2.75) is 30.7 Å². The fourth-order valence-corrected chi connectivity index (χ4v) is 5.58. The van der Waals surface area contributed by atoms with E-state index < -0.39 is 61.2 Å². The van der Waals surface area contributed by atoms with Crippen molar-refractivity contribution in [2.75, 3.05) is 59.4 Å². The number of carbonyl (C=O) groups is 4. The number of rotatable bonds is 22. The van der Waals surface area contributed by atoms with Crippen LogP contribution in [-0.2, 0) is 42.6 Å². The summed E-state index contributed by atoms with van der Waals surface area (Å²) in [5.74, 6) is -3.13. The van der Waals surface area contributed by atoms with Gasteiger partial charge in [-0.1, -0.05) is 77.9 Å². The second-order valence-electron chi connectivity index (χ2n) is 12.4. The second kappa shape index (κ2) is 23.8. The molecule has 1 heterocycles. The minimum absolute atomic E-state index is 0.0415. The van der Waals surface area contributed by atoms with Gasteiger partial charge >= 0.3 is 23.9 Å². The lowest BCUT2D eigenvalue weighted by molar-refractivity contribution is -0.300. The van der Waals surface area contributed by atoms with Gasteiger partial charge in [0.2, 0.25) is 0 Å². The zero-order valence-electron chi connectivity index (χ0n) is 31.4. The van der Waals surface area contributed by atoms with Gasteiger partial charge in [-0.3, -0.25) is 0 Å². The number of hydrogen-bond donors (Lipinski definition) is 0. The minimum atomic E-state index is -1.55. The Morgan fingerprint density at radius 3 is 1.38 bits per heavy atom. The molecule has 4 aromatic rings. The van der Waals surface area contributed by atoms with Gasteiger partial charge in [0.15, 0.2) is 24.6 Å². The molecule has 1 fully saturated rings. The summed E-state index contributed by atoms with van der Waals surface area (Å²) in [6, 6.07) is 32.5. The molecule has 0 aliphatic carbocycles. The highest BCUT2D eigenvalue weighted by Gasteiger charge is 2.53. The Bertz CT molecular complexity index is 1920. The molecule has 5 rings (SSSR count). The predicted molar refractivity (Wildman–Crippen MR) is 205 cm³/mol. The molecule has 0 aromatic heterocycles. The highest BCUT2D eigenvalue weighted by molar-refractivity contribution is 5.91. The Hall–Kier alpha value is -6.13. The predicted octanol–water partition coefficient (Wildman–Crippen LogP) is 5.62. The lowest BCUT2D eigenvalue weighted by atomic mass is 9.97. The first-order valence-electron chi connectivity index (χ1n) is 18.5. The fourth-order valence-electron chi connectivity index (χ4n) is 5.58. The summed E-state index contributed by atoms with van der Waals surface area (Å²) in [5, 5.41) is 3.39. The zero-order valence-corrected chi connectivity index (χ0v) is 31.4. The number of esters is 4. The van der Waals surface area contributed by atoms with Crippen LogP contribution >= 0.6 is 0 Å². The average Bonchev–Trinajstić information content (AvgIpc) is 3.27. The van der Waals surface area contributed by atoms with Gasteiger partial charge in [-0.25, -0.2) is 19.2 Å². The van der Waals surface area contributed by atoms with Crippen LogP contribution in [0.2, 0.25) is 0 Å². The van der Waals surface area contributed by atoms with Crippen molar-refractivity contribution in [1.29, 1.82) is 0 Å². The Balaban J connectivity index is 1.38. The molecule has 1 aliphatic rings. The van der Waals surface area contributed by atoms with Crippen LogP contribution in [0.3, 0.4) is 0 Å². The molecule has 1 saturated heterocycles. The molecule has 0 N–H and O–H groups in total. The van der Waals surface area contributed by atoms with E-state index >= 15 is 0 Å². The van der Waals surface area contributed by atoms with Gasteiger partial charge in [-0.15, -0.1) is 0 Å². The van der Waals surface area contributed by atoms with Gasteiger partial charge in [-0.05, 0) is 54.1 Å². The molecule has 0 unspecified atom stereocenters. The number of ether oxygens (including phenoxy) is 9. The van der Waals surface area contributed by atoms with Crippen molar-refractivity contribution in [3.8, 4) is 0 Å². The van der Waals surface area contributed by atoms with Crippen molar-refractivity contribution >= 4 is 23.9 Å². The first-order valence-corrected chi connectivity index (χ1v) is 18.5. The summed E-state index contributed by atoms with van der Waals surface area (Å²) >= 11 is 0. The number of nitrogens with zero attached hydrogens (tertiary/aromatic N) is 3. The fraction of sp³-hybridized carbons (Fsp3) is 0.333. The summed E-state index contributed by atoms with van der Waals surface area (Å²) in [4.78, 5) is 56.8. The van der Waals surface area contributed by atoms with Gasteiger partial charge in [0, 0.05) is 11.5 Å². The average molecular weight is 798 g/mol. The van der Waals surface area contributed by atoms with Gasteiger partial charge < -0.3 is 42.6 Å². The van der Waals surface area contributed by atoms with E-state index in [4.69, 9.17) is 48.2 Å². The number of hydrogen-bond acceptors (Lipinski definition) is 14. The van der Waals surface area contributed by atoms with E-state index in [9.17, 15) is 19.2 Å². The molecular formula is C42H43N3O13. The van der Waals surface area contributed by atoms with Crippen LogP contribution in [0.25, 0.3) is 10.4 Å². The SMILES string of the molecule is [N-]=[N+]=NCCOCCOCCOCCO[C@H]1O[C@H](COC(=O)c2ccccc2)[C@@H](OC(=O)c2ccccc2)[C@H](OC(=O)c2ccccc2)[C@@H]1OC(=O)c1ccccc1. The third kappa shape index (κ3) is 13.5. The van der Waals surface area contributed by atoms with E-state index in [-0.39, 0.29) is 61.8 Å². The van der Waals surface area contributed by atoms with Gasteiger partial charge in [0.25, 0.3) is 0 Å². The molecule has 304 valence electrons. The van der Waals surface area contributed by atoms with Gasteiger partial charge in [0.05, 0.1) is 68.5 Å². The van der Waals surface area contributed by atoms with Crippen molar-refractivity contribution in [3.05, 3.63) is 154 Å². The molecule has 0 bridgehead atoms. The molecule has 0 radical (unpaired) electrons. The molecule has 1 aliphatic heterocycles. The third-order valence-electron chi connectivity index (χ3n) is 8.39. The van der Waals surface area contributed by atoms with E-state index in [0.29, 0.717) is 13.2 Å². The van der Waals surface area contributed by atoms with Crippen LogP contribution < -0.4 is 0 Å².